The lowest BCUT2D eigenvalue weighted by Crippen LogP contribution is -2.37. The van der Waals surface area contributed by atoms with Crippen LogP contribution in [-0.2, 0) is 6.54 Å². The fourth-order valence-electron chi connectivity index (χ4n) is 3.84. The van der Waals surface area contributed by atoms with Gasteiger partial charge >= 0.3 is 0 Å². The maximum Gasteiger partial charge on any atom is 0.274 e. The van der Waals surface area contributed by atoms with E-state index < -0.39 is 28.7 Å². The highest BCUT2D eigenvalue weighted by Gasteiger charge is 2.26. The van der Waals surface area contributed by atoms with Crippen molar-refractivity contribution < 1.29 is 18.7 Å². The summed E-state index contributed by atoms with van der Waals surface area (Å²) in [6.45, 7) is 4.89. The Morgan fingerprint density at radius 2 is 1.94 bits per heavy atom. The molecule has 2 aromatic heterocycles. The third-order valence-electron chi connectivity index (χ3n) is 5.53. The minimum Gasteiger partial charge on any atom is -0.503 e. The van der Waals surface area contributed by atoms with Gasteiger partial charge in [0, 0.05) is 43.3 Å². The topological polar surface area (TPSA) is 80.4 Å². The van der Waals surface area contributed by atoms with Gasteiger partial charge in [0.25, 0.3) is 5.91 Å². The third kappa shape index (κ3) is 4.05. The first kappa shape index (κ1) is 21.5. The van der Waals surface area contributed by atoms with Crippen LogP contribution in [0.25, 0.3) is 17.5 Å². The molecule has 0 unspecified atom stereocenters. The van der Waals surface area contributed by atoms with E-state index >= 15 is 0 Å². The second kappa shape index (κ2) is 8.78. The van der Waals surface area contributed by atoms with Gasteiger partial charge in [-0.2, -0.15) is 0 Å². The van der Waals surface area contributed by atoms with E-state index in [0.717, 1.165) is 31.4 Å². The highest BCUT2D eigenvalue weighted by atomic mass is 19.1. The van der Waals surface area contributed by atoms with E-state index in [-0.39, 0.29) is 29.1 Å². The van der Waals surface area contributed by atoms with Gasteiger partial charge in [-0.25, -0.2) is 13.8 Å². The van der Waals surface area contributed by atoms with Gasteiger partial charge in [0.15, 0.2) is 11.4 Å². The van der Waals surface area contributed by atoms with E-state index in [4.69, 9.17) is 0 Å². The molecule has 1 amide bonds. The van der Waals surface area contributed by atoms with Gasteiger partial charge < -0.3 is 19.1 Å². The number of carbonyl (C=O) groups excluding carboxylic acids is 1. The second-order valence-corrected chi connectivity index (χ2v) is 7.68. The van der Waals surface area contributed by atoms with Gasteiger partial charge in [0.2, 0.25) is 5.43 Å². The van der Waals surface area contributed by atoms with E-state index in [9.17, 15) is 23.5 Å². The highest BCUT2D eigenvalue weighted by Crippen LogP contribution is 2.23. The van der Waals surface area contributed by atoms with E-state index in [1.165, 1.54) is 40.1 Å². The minimum absolute atomic E-state index is 0.0657. The van der Waals surface area contributed by atoms with Crippen LogP contribution in [0.15, 0.2) is 48.3 Å². The van der Waals surface area contributed by atoms with E-state index in [1.54, 1.807) is 4.90 Å². The Morgan fingerprint density at radius 3 is 2.62 bits per heavy atom. The largest absolute Gasteiger partial charge is 0.503 e. The van der Waals surface area contributed by atoms with Crippen LogP contribution in [0, 0.1) is 11.6 Å². The highest BCUT2D eigenvalue weighted by molar-refractivity contribution is 5.96. The van der Waals surface area contributed by atoms with Crippen molar-refractivity contribution in [1.82, 2.24) is 19.0 Å². The van der Waals surface area contributed by atoms with Crippen LogP contribution >= 0.6 is 0 Å². The predicted molar refractivity (Wildman–Crippen MR) is 115 cm³/mol. The molecule has 1 aliphatic heterocycles. The van der Waals surface area contributed by atoms with E-state index in [2.05, 4.69) is 11.6 Å². The Balaban J connectivity index is 1.67. The summed E-state index contributed by atoms with van der Waals surface area (Å²) in [7, 11) is 0. The van der Waals surface area contributed by atoms with Crippen molar-refractivity contribution in [2.45, 2.75) is 25.8 Å². The molecule has 0 saturated carbocycles. The number of piperidine rings is 1. The molecule has 166 valence electrons. The zero-order chi connectivity index (χ0) is 22.8. The third-order valence-corrected chi connectivity index (χ3v) is 5.53. The molecule has 32 heavy (non-hydrogen) atoms. The zero-order valence-electron chi connectivity index (χ0n) is 17.3. The molecule has 3 heterocycles. The molecule has 1 N–H and O–H groups in total. The van der Waals surface area contributed by atoms with Crippen molar-refractivity contribution in [3.63, 3.8) is 0 Å². The normalized spacial score (nSPS) is 13.9. The van der Waals surface area contributed by atoms with Crippen LogP contribution in [0.2, 0.25) is 0 Å². The molecule has 1 aromatic carbocycles. The standard InChI is InChI=1S/C23H22F2N4O3/c1-2-28-12-17(21(30)22(31)20(28)23(32)29-8-4-3-5-9-29)19-13-27(14-26-19)11-15-6-7-16(24)10-18(15)25/h2,6-7,10,12-14,31H,1,3-5,8-9,11H2. The van der Waals surface area contributed by atoms with Crippen LogP contribution in [0.1, 0.15) is 35.3 Å². The van der Waals surface area contributed by atoms with Crippen molar-refractivity contribution in [3.05, 3.63) is 76.6 Å². The number of hydrogen-bond acceptors (Lipinski definition) is 4. The molecule has 9 heteroatoms. The molecule has 7 nitrogen and oxygen atoms in total. The molecule has 0 radical (unpaired) electrons. The van der Waals surface area contributed by atoms with Gasteiger partial charge in [-0.15, -0.1) is 0 Å². The number of imidazole rings is 1. The molecule has 0 aliphatic carbocycles. The molecular formula is C23H22F2N4O3. The maximum atomic E-state index is 13.9. The van der Waals surface area contributed by atoms with Crippen molar-refractivity contribution in [2.24, 2.45) is 0 Å². The monoisotopic (exact) mass is 440 g/mol. The molecule has 1 fully saturated rings. The molecule has 0 atom stereocenters. The smallest absolute Gasteiger partial charge is 0.274 e. The minimum atomic E-state index is -0.735. The number of carbonyl (C=O) groups is 1. The summed E-state index contributed by atoms with van der Waals surface area (Å²) in [5.41, 5.74) is -0.314. The molecule has 3 aromatic rings. The lowest BCUT2D eigenvalue weighted by atomic mass is 10.1. The lowest BCUT2D eigenvalue weighted by Gasteiger charge is -2.27. The lowest BCUT2D eigenvalue weighted by molar-refractivity contribution is 0.0712. The van der Waals surface area contributed by atoms with E-state index in [0.29, 0.717) is 13.1 Å². The average Bonchev–Trinajstić information content (AvgIpc) is 3.26. The summed E-state index contributed by atoms with van der Waals surface area (Å²) in [4.78, 5) is 31.6. The number of benzene rings is 1. The Bertz CT molecular complexity index is 1240. The zero-order valence-corrected chi connectivity index (χ0v) is 17.3. The van der Waals surface area contributed by atoms with Gasteiger partial charge in [0.05, 0.1) is 24.1 Å². The first-order chi connectivity index (χ1) is 15.4. The van der Waals surface area contributed by atoms with Gasteiger partial charge in [-0.05, 0) is 25.3 Å². The average molecular weight is 440 g/mol. The number of aromatic hydroxyl groups is 1. The van der Waals surface area contributed by atoms with Crippen molar-refractivity contribution >= 4 is 12.1 Å². The summed E-state index contributed by atoms with van der Waals surface area (Å²) in [6, 6.07) is 3.29. The Labute approximate surface area is 182 Å². The van der Waals surface area contributed by atoms with Gasteiger partial charge in [-0.3, -0.25) is 9.59 Å². The van der Waals surface area contributed by atoms with E-state index in [1.807, 2.05) is 0 Å². The number of likely N-dealkylation sites (tertiary alicyclic amines) is 1. The Kier molecular flexibility index (Phi) is 5.89. The summed E-state index contributed by atoms with van der Waals surface area (Å²) in [5, 5.41) is 10.6. The van der Waals surface area contributed by atoms with Crippen molar-refractivity contribution in [3.8, 4) is 17.0 Å². The summed E-state index contributed by atoms with van der Waals surface area (Å²) >= 11 is 0. The number of halogens is 2. The van der Waals surface area contributed by atoms with Crippen molar-refractivity contribution in [1.29, 1.82) is 0 Å². The molecule has 0 bridgehead atoms. The number of pyridine rings is 1. The van der Waals surface area contributed by atoms with Crippen LogP contribution in [0.4, 0.5) is 8.78 Å². The van der Waals surface area contributed by atoms with Crippen LogP contribution in [0.5, 0.6) is 5.75 Å². The molecule has 0 spiro atoms. The summed E-state index contributed by atoms with van der Waals surface area (Å²) in [5.74, 6) is -2.45. The maximum absolute atomic E-state index is 13.9. The fraction of sp³-hybridized carbons (Fsp3) is 0.261. The number of aromatic nitrogens is 3. The number of amides is 1. The summed E-state index contributed by atoms with van der Waals surface area (Å²) in [6.07, 6.45) is 8.43. The Morgan fingerprint density at radius 1 is 1.19 bits per heavy atom. The Hall–Kier alpha value is -3.75. The predicted octanol–water partition coefficient (Wildman–Crippen LogP) is 3.47. The number of rotatable bonds is 5. The SMILES string of the molecule is C=Cn1cc(-c2cn(Cc3ccc(F)cc3F)cn2)c(=O)c(O)c1C(=O)N1CCCCC1. The van der Waals surface area contributed by atoms with Gasteiger partial charge in [-0.1, -0.05) is 12.6 Å². The summed E-state index contributed by atoms with van der Waals surface area (Å²) < 4.78 is 29.9. The number of nitrogens with zero attached hydrogens (tertiary/aromatic N) is 4. The van der Waals surface area contributed by atoms with Crippen molar-refractivity contribution in [2.75, 3.05) is 13.1 Å². The van der Waals surface area contributed by atoms with Crippen LogP contribution in [-0.4, -0.2) is 43.1 Å². The number of hydrogen-bond donors (Lipinski definition) is 1. The second-order valence-electron chi connectivity index (χ2n) is 7.68. The molecule has 4 rings (SSSR count). The van der Waals surface area contributed by atoms with Crippen LogP contribution < -0.4 is 5.43 Å². The first-order valence-corrected chi connectivity index (χ1v) is 10.2. The molecule has 1 saturated heterocycles. The quantitative estimate of drug-likeness (QED) is 0.659. The fourth-order valence-corrected chi connectivity index (χ4v) is 3.84. The van der Waals surface area contributed by atoms with Gasteiger partial charge in [0.1, 0.15) is 11.6 Å². The van der Waals surface area contributed by atoms with Crippen LogP contribution in [0.3, 0.4) is 0 Å². The molecular weight excluding hydrogens is 418 g/mol. The molecule has 1 aliphatic rings. The first-order valence-electron chi connectivity index (χ1n) is 10.2.